The number of anilines is 4. The van der Waals surface area contributed by atoms with Crippen molar-refractivity contribution < 1.29 is 0 Å². The number of benzene rings is 3. The van der Waals surface area contributed by atoms with Crippen molar-refractivity contribution in [2.75, 3.05) is 16.5 Å². The largest absolute Gasteiger partial charge is 0.321 e. The lowest BCUT2D eigenvalue weighted by Gasteiger charge is -2.49. The Bertz CT molecular complexity index is 1320. The van der Waals surface area contributed by atoms with Crippen LogP contribution in [0.3, 0.4) is 0 Å². The first-order valence-electron chi connectivity index (χ1n) is 12.9. The zero-order valence-corrected chi connectivity index (χ0v) is 22.1. The van der Waals surface area contributed by atoms with Gasteiger partial charge >= 0.3 is 0 Å². The molecule has 0 saturated carbocycles. The topological polar surface area (TPSA) is 6.48 Å². The van der Waals surface area contributed by atoms with Crippen molar-refractivity contribution >= 4 is 22.7 Å². The molecule has 0 amide bonds. The van der Waals surface area contributed by atoms with Crippen molar-refractivity contribution in [3.8, 4) is 0 Å². The number of fused-ring (bicyclic) bond motifs is 4. The molecular weight excluding hydrogens is 412 g/mol. The minimum atomic E-state index is -0.0499. The average molecular weight is 451 g/mol. The Morgan fingerprint density at radius 2 is 1.32 bits per heavy atom. The van der Waals surface area contributed by atoms with Gasteiger partial charge in [0.05, 0.1) is 11.4 Å². The molecule has 0 saturated heterocycles. The van der Waals surface area contributed by atoms with E-state index in [2.05, 4.69) is 114 Å². The van der Waals surface area contributed by atoms with Gasteiger partial charge in [-0.25, -0.2) is 0 Å². The van der Waals surface area contributed by atoms with Crippen molar-refractivity contribution in [3.05, 3.63) is 81.9 Å². The minimum absolute atomic E-state index is 0.0499. The summed E-state index contributed by atoms with van der Waals surface area (Å²) in [5.41, 5.74) is 14.6. The van der Waals surface area contributed by atoms with Crippen molar-refractivity contribution in [2.45, 2.75) is 84.5 Å². The molecule has 0 atom stereocenters. The fourth-order valence-corrected chi connectivity index (χ4v) is 7.08. The Morgan fingerprint density at radius 3 is 2.03 bits per heavy atom. The second kappa shape index (κ2) is 6.68. The quantitative estimate of drug-likeness (QED) is 0.366. The Kier molecular flexibility index (Phi) is 4.28. The number of hydrogen-bond acceptors (Lipinski definition) is 2. The summed E-state index contributed by atoms with van der Waals surface area (Å²) < 4.78 is 0. The summed E-state index contributed by atoms with van der Waals surface area (Å²) in [5, 5.41) is 0. The van der Waals surface area contributed by atoms with Crippen LogP contribution in [0, 0.1) is 13.8 Å². The number of rotatable bonds is 1. The van der Waals surface area contributed by atoms with E-state index >= 15 is 0 Å². The van der Waals surface area contributed by atoms with Crippen LogP contribution >= 0.6 is 0 Å². The van der Waals surface area contributed by atoms with Crippen LogP contribution in [0.15, 0.2) is 48.5 Å². The monoisotopic (exact) mass is 450 g/mol. The van der Waals surface area contributed by atoms with Crippen LogP contribution in [0.25, 0.3) is 0 Å². The van der Waals surface area contributed by atoms with Gasteiger partial charge in [-0.2, -0.15) is 0 Å². The highest BCUT2D eigenvalue weighted by molar-refractivity contribution is 5.94. The fourth-order valence-electron chi connectivity index (χ4n) is 7.08. The molecule has 0 spiro atoms. The lowest BCUT2D eigenvalue weighted by molar-refractivity contribution is 0.326. The van der Waals surface area contributed by atoms with Crippen LogP contribution in [-0.2, 0) is 16.2 Å². The lowest BCUT2D eigenvalue weighted by Crippen LogP contribution is -2.40. The van der Waals surface area contributed by atoms with Gasteiger partial charge in [0.15, 0.2) is 0 Å². The van der Waals surface area contributed by atoms with Crippen LogP contribution in [0.1, 0.15) is 87.8 Å². The number of nitrogens with zero attached hydrogens (tertiary/aromatic N) is 2. The molecule has 176 valence electrons. The second-order valence-electron chi connectivity index (χ2n) is 12.8. The van der Waals surface area contributed by atoms with Gasteiger partial charge in [0, 0.05) is 16.8 Å². The second-order valence-corrected chi connectivity index (χ2v) is 12.8. The van der Waals surface area contributed by atoms with Gasteiger partial charge in [-0.1, -0.05) is 65.8 Å². The Labute approximate surface area is 205 Å². The van der Waals surface area contributed by atoms with Crippen molar-refractivity contribution in [1.82, 2.24) is 0 Å². The predicted octanol–water partition coefficient (Wildman–Crippen LogP) is 8.54. The van der Waals surface area contributed by atoms with E-state index in [9.17, 15) is 0 Å². The SMILES string of the molecule is Cc1cc(C)cc(N2CN3c4ccc5c(c4C(C)(C)c4cccc2c43)C(C)(C)CCC5(C)C)c1. The molecule has 3 aromatic carbocycles. The summed E-state index contributed by atoms with van der Waals surface area (Å²) in [4.78, 5) is 5.11. The smallest absolute Gasteiger partial charge is 0.100 e. The first-order chi connectivity index (χ1) is 15.9. The summed E-state index contributed by atoms with van der Waals surface area (Å²) in [6, 6.07) is 18.8. The molecule has 2 heterocycles. The number of hydrogen-bond donors (Lipinski definition) is 0. The molecule has 6 rings (SSSR count). The number of aryl methyl sites for hydroxylation is 2. The van der Waals surface area contributed by atoms with E-state index in [0.29, 0.717) is 0 Å². The summed E-state index contributed by atoms with van der Waals surface area (Å²) >= 11 is 0. The van der Waals surface area contributed by atoms with Gasteiger partial charge < -0.3 is 9.80 Å². The predicted molar refractivity (Wildman–Crippen MR) is 145 cm³/mol. The molecule has 2 aliphatic heterocycles. The molecule has 3 aromatic rings. The molecule has 34 heavy (non-hydrogen) atoms. The first-order valence-corrected chi connectivity index (χ1v) is 12.9. The maximum Gasteiger partial charge on any atom is 0.100 e. The third-order valence-corrected chi connectivity index (χ3v) is 8.93. The zero-order valence-electron chi connectivity index (χ0n) is 22.1. The average Bonchev–Trinajstić information content (AvgIpc) is 3.15. The normalized spacial score (nSPS) is 20.6. The minimum Gasteiger partial charge on any atom is -0.321 e. The third kappa shape index (κ3) is 2.81. The molecule has 0 aromatic heterocycles. The van der Waals surface area contributed by atoms with Crippen molar-refractivity contribution in [1.29, 1.82) is 0 Å². The fraction of sp³-hybridized carbons (Fsp3) is 0.438. The van der Waals surface area contributed by atoms with Crippen LogP contribution in [0.2, 0.25) is 0 Å². The zero-order chi connectivity index (χ0) is 24.2. The first kappa shape index (κ1) is 21.8. The molecule has 0 bridgehead atoms. The standard InChI is InChI=1S/C32H38N2/c1-20-16-21(2)18-22(17-20)33-19-34-25-13-12-23-27(31(5,6)15-14-30(23,3)4)28(25)32(7,8)24-10-9-11-26(33)29(24)34/h9-13,16-18H,14-15,19H2,1-8H3. The van der Waals surface area contributed by atoms with E-state index < -0.39 is 0 Å². The van der Waals surface area contributed by atoms with E-state index in [0.717, 1.165) is 6.67 Å². The van der Waals surface area contributed by atoms with Crippen molar-refractivity contribution in [3.63, 3.8) is 0 Å². The third-order valence-electron chi connectivity index (χ3n) is 8.93. The molecule has 0 N–H and O–H groups in total. The Balaban J connectivity index is 1.63. The highest BCUT2D eigenvalue weighted by atomic mass is 15.4. The molecule has 3 aliphatic rings. The van der Waals surface area contributed by atoms with E-state index in [1.54, 1.807) is 16.7 Å². The number of para-hydroxylation sites is 1. The van der Waals surface area contributed by atoms with E-state index in [4.69, 9.17) is 0 Å². The highest BCUT2D eigenvalue weighted by Crippen LogP contribution is 2.60. The van der Waals surface area contributed by atoms with Gasteiger partial charge in [-0.3, -0.25) is 0 Å². The molecule has 2 nitrogen and oxygen atoms in total. The van der Waals surface area contributed by atoms with Gasteiger partial charge in [0.25, 0.3) is 0 Å². The summed E-state index contributed by atoms with van der Waals surface area (Å²) in [7, 11) is 0. The van der Waals surface area contributed by atoms with Crippen LogP contribution in [0.5, 0.6) is 0 Å². The van der Waals surface area contributed by atoms with Crippen LogP contribution < -0.4 is 9.80 Å². The summed E-state index contributed by atoms with van der Waals surface area (Å²) in [5.74, 6) is 0. The van der Waals surface area contributed by atoms with Gasteiger partial charge in [0.1, 0.15) is 6.67 Å². The maximum absolute atomic E-state index is 2.60. The van der Waals surface area contributed by atoms with Crippen molar-refractivity contribution in [2.24, 2.45) is 0 Å². The van der Waals surface area contributed by atoms with Crippen LogP contribution in [-0.4, -0.2) is 6.67 Å². The molecule has 0 unspecified atom stereocenters. The maximum atomic E-state index is 2.60. The van der Waals surface area contributed by atoms with Gasteiger partial charge in [-0.15, -0.1) is 0 Å². The molecule has 0 radical (unpaired) electrons. The molecule has 1 aliphatic carbocycles. The lowest BCUT2D eigenvalue weighted by atomic mass is 9.58. The van der Waals surface area contributed by atoms with E-state index in [1.165, 1.54) is 52.3 Å². The molecular formula is C32H38N2. The van der Waals surface area contributed by atoms with Gasteiger partial charge in [-0.05, 0) is 95.2 Å². The van der Waals surface area contributed by atoms with Crippen LogP contribution in [0.4, 0.5) is 22.7 Å². The van der Waals surface area contributed by atoms with Gasteiger partial charge in [0.2, 0.25) is 0 Å². The molecule has 2 heteroatoms. The Morgan fingerprint density at radius 1 is 0.647 bits per heavy atom. The summed E-state index contributed by atoms with van der Waals surface area (Å²) in [6.45, 7) is 20.0. The van der Waals surface area contributed by atoms with E-state index in [-0.39, 0.29) is 16.2 Å². The molecule has 0 fully saturated rings. The summed E-state index contributed by atoms with van der Waals surface area (Å²) in [6.07, 6.45) is 2.48. The Hall–Kier alpha value is -2.74. The highest BCUT2D eigenvalue weighted by Gasteiger charge is 2.48. The van der Waals surface area contributed by atoms with E-state index in [1.807, 2.05) is 0 Å².